The standard InChI is InChI=1S/C16H16ClN3O.HI/c1-19-14-4-2-3-5-15(14)20(16(19)18)10-11-21-13-8-6-12(17)7-9-13;/h2-9,18H,10-11H2,1H3;1H. The van der Waals surface area contributed by atoms with Gasteiger partial charge in [-0.25, -0.2) is 9.13 Å². The van der Waals surface area contributed by atoms with Crippen LogP contribution in [0.25, 0.3) is 11.0 Å². The zero-order valence-electron chi connectivity index (χ0n) is 12.2. The maximum absolute atomic E-state index is 6.17. The van der Waals surface area contributed by atoms with Crippen LogP contribution < -0.4 is 39.0 Å². The van der Waals surface area contributed by atoms with Gasteiger partial charge in [-0.1, -0.05) is 23.7 Å². The Hall–Kier alpha value is -1.47. The molecule has 6 heteroatoms. The van der Waals surface area contributed by atoms with Gasteiger partial charge >= 0.3 is 5.95 Å². The van der Waals surface area contributed by atoms with Crippen LogP contribution in [-0.2, 0) is 13.6 Å². The highest BCUT2D eigenvalue weighted by atomic mass is 127. The van der Waals surface area contributed by atoms with Crippen molar-refractivity contribution >= 4 is 28.6 Å². The topological polar surface area (TPSA) is 44.1 Å². The molecule has 0 saturated carbocycles. The number of benzene rings is 2. The first-order valence-corrected chi connectivity index (χ1v) is 7.16. The van der Waals surface area contributed by atoms with Gasteiger partial charge in [-0.3, -0.25) is 5.73 Å². The summed E-state index contributed by atoms with van der Waals surface area (Å²) < 4.78 is 9.78. The third-order valence-electron chi connectivity index (χ3n) is 3.55. The number of hydrogen-bond donors (Lipinski definition) is 1. The molecule has 3 rings (SSSR count). The van der Waals surface area contributed by atoms with Crippen molar-refractivity contribution in [2.75, 3.05) is 12.3 Å². The van der Waals surface area contributed by atoms with Gasteiger partial charge in [-0.15, -0.1) is 0 Å². The summed E-state index contributed by atoms with van der Waals surface area (Å²) in [5, 5.41) is 0.704. The molecule has 0 aliphatic rings. The molecule has 0 saturated heterocycles. The average molecular weight is 430 g/mol. The molecular weight excluding hydrogens is 413 g/mol. The average Bonchev–Trinajstić information content (AvgIpc) is 2.75. The van der Waals surface area contributed by atoms with E-state index >= 15 is 0 Å². The highest BCUT2D eigenvalue weighted by Crippen LogP contribution is 2.17. The van der Waals surface area contributed by atoms with E-state index in [4.69, 9.17) is 22.1 Å². The van der Waals surface area contributed by atoms with E-state index in [1.54, 1.807) is 0 Å². The molecule has 4 nitrogen and oxygen atoms in total. The van der Waals surface area contributed by atoms with E-state index in [9.17, 15) is 0 Å². The van der Waals surface area contributed by atoms with Crippen LogP contribution in [-0.4, -0.2) is 11.2 Å². The van der Waals surface area contributed by atoms with Crippen molar-refractivity contribution in [3.05, 3.63) is 53.6 Å². The molecule has 22 heavy (non-hydrogen) atoms. The molecule has 116 valence electrons. The van der Waals surface area contributed by atoms with Crippen LogP contribution in [0.5, 0.6) is 5.75 Å². The Balaban J connectivity index is 0.00000176. The number of imidazole rings is 1. The van der Waals surface area contributed by atoms with Crippen molar-refractivity contribution in [3.8, 4) is 5.75 Å². The number of nitrogen functional groups attached to an aromatic ring is 1. The zero-order valence-corrected chi connectivity index (χ0v) is 15.1. The lowest BCUT2D eigenvalue weighted by Crippen LogP contribution is -3.00. The molecule has 0 spiro atoms. The van der Waals surface area contributed by atoms with Gasteiger partial charge in [0.05, 0.1) is 7.05 Å². The largest absolute Gasteiger partial charge is 1.00 e. The van der Waals surface area contributed by atoms with E-state index in [0.29, 0.717) is 18.2 Å². The third kappa shape index (κ3) is 3.30. The first-order chi connectivity index (χ1) is 10.2. The van der Waals surface area contributed by atoms with Crippen LogP contribution in [0.4, 0.5) is 5.95 Å². The molecule has 0 aliphatic heterocycles. The van der Waals surface area contributed by atoms with E-state index in [2.05, 4.69) is 16.7 Å². The molecule has 1 aromatic heterocycles. The van der Waals surface area contributed by atoms with Crippen molar-refractivity contribution in [2.45, 2.75) is 6.54 Å². The molecule has 2 aromatic carbocycles. The van der Waals surface area contributed by atoms with Gasteiger partial charge in [0.2, 0.25) is 0 Å². The van der Waals surface area contributed by atoms with Crippen molar-refractivity contribution in [2.24, 2.45) is 7.05 Å². The number of halogens is 2. The minimum atomic E-state index is 0. The van der Waals surface area contributed by atoms with Gasteiger partial charge in [0.15, 0.2) is 0 Å². The lowest BCUT2D eigenvalue weighted by atomic mass is 10.3. The number of rotatable bonds is 4. The van der Waals surface area contributed by atoms with E-state index in [0.717, 1.165) is 22.7 Å². The molecule has 0 atom stereocenters. The second-order valence-corrected chi connectivity index (χ2v) is 5.30. The number of nitrogens with zero attached hydrogens (tertiary/aromatic N) is 2. The Morgan fingerprint density at radius 3 is 2.55 bits per heavy atom. The quantitative estimate of drug-likeness (QED) is 0.461. The van der Waals surface area contributed by atoms with Crippen LogP contribution >= 0.6 is 11.6 Å². The number of nitrogens with two attached hydrogens (primary N) is 1. The van der Waals surface area contributed by atoms with E-state index in [1.807, 2.05) is 48.0 Å². The summed E-state index contributed by atoms with van der Waals surface area (Å²) in [5.74, 6) is 1.52. The summed E-state index contributed by atoms with van der Waals surface area (Å²) in [6.07, 6.45) is 0. The Morgan fingerprint density at radius 2 is 1.82 bits per heavy atom. The minimum Gasteiger partial charge on any atom is -1.00 e. The minimum absolute atomic E-state index is 0. The first kappa shape index (κ1) is 16.9. The van der Waals surface area contributed by atoms with Crippen molar-refractivity contribution < 1.29 is 33.3 Å². The van der Waals surface area contributed by atoms with Crippen LogP contribution in [0.3, 0.4) is 0 Å². The van der Waals surface area contributed by atoms with E-state index in [1.165, 1.54) is 0 Å². The Labute approximate surface area is 151 Å². The van der Waals surface area contributed by atoms with Gasteiger partial charge in [0, 0.05) is 5.02 Å². The van der Waals surface area contributed by atoms with Gasteiger partial charge in [-0.05, 0) is 36.4 Å². The van der Waals surface area contributed by atoms with Gasteiger partial charge < -0.3 is 28.7 Å². The molecule has 0 amide bonds. The molecular formula is C16H17ClIN3O. The lowest BCUT2D eigenvalue weighted by Gasteiger charge is -2.06. The van der Waals surface area contributed by atoms with E-state index in [-0.39, 0.29) is 24.0 Å². The van der Waals surface area contributed by atoms with Crippen LogP contribution in [0.2, 0.25) is 5.02 Å². The molecule has 0 fully saturated rings. The summed E-state index contributed by atoms with van der Waals surface area (Å²) in [7, 11) is 1.97. The number of anilines is 1. The SMILES string of the molecule is C[n+]1c(N)n(CCOc2ccc(Cl)cc2)c2ccccc21.[I-]. The summed E-state index contributed by atoms with van der Waals surface area (Å²) in [6.45, 7) is 1.24. The predicted molar refractivity (Wildman–Crippen MR) is 84.5 cm³/mol. The number of fused-ring (bicyclic) bond motifs is 1. The maximum atomic E-state index is 6.17. The van der Waals surface area contributed by atoms with Gasteiger partial charge in [-0.2, -0.15) is 0 Å². The van der Waals surface area contributed by atoms with Gasteiger partial charge in [0.25, 0.3) is 0 Å². The van der Waals surface area contributed by atoms with Crippen molar-refractivity contribution in [3.63, 3.8) is 0 Å². The Morgan fingerprint density at radius 1 is 1.14 bits per heavy atom. The second kappa shape index (κ2) is 7.19. The van der Waals surface area contributed by atoms with E-state index < -0.39 is 0 Å². The molecule has 1 heterocycles. The van der Waals surface area contributed by atoms with Crippen molar-refractivity contribution in [1.29, 1.82) is 0 Å². The fourth-order valence-corrected chi connectivity index (χ4v) is 2.55. The Kier molecular flexibility index (Phi) is 5.52. The zero-order chi connectivity index (χ0) is 14.8. The lowest BCUT2D eigenvalue weighted by molar-refractivity contribution is -0.630. The molecule has 0 aliphatic carbocycles. The highest BCUT2D eigenvalue weighted by Gasteiger charge is 2.17. The third-order valence-corrected chi connectivity index (χ3v) is 3.80. The summed E-state index contributed by atoms with van der Waals surface area (Å²) >= 11 is 5.85. The number of aryl methyl sites for hydroxylation is 1. The molecule has 3 aromatic rings. The normalized spacial score (nSPS) is 10.5. The molecule has 0 unspecified atom stereocenters. The molecule has 2 N–H and O–H groups in total. The summed E-state index contributed by atoms with van der Waals surface area (Å²) in [4.78, 5) is 0. The number of aromatic nitrogens is 2. The predicted octanol–water partition coefficient (Wildman–Crippen LogP) is -0.216. The summed E-state index contributed by atoms with van der Waals surface area (Å²) in [5.41, 5.74) is 8.39. The summed E-state index contributed by atoms with van der Waals surface area (Å²) in [6, 6.07) is 15.5. The van der Waals surface area contributed by atoms with Gasteiger partial charge in [0.1, 0.15) is 29.9 Å². The molecule has 0 bridgehead atoms. The Bertz CT molecular complexity index is 771. The monoisotopic (exact) mass is 429 g/mol. The fourth-order valence-electron chi connectivity index (χ4n) is 2.42. The van der Waals surface area contributed by atoms with Crippen LogP contribution in [0, 0.1) is 0 Å². The highest BCUT2D eigenvalue weighted by molar-refractivity contribution is 6.30. The smallest absolute Gasteiger partial charge is 0.355 e. The fraction of sp³-hybridized carbons (Fsp3) is 0.188. The molecule has 0 radical (unpaired) electrons. The first-order valence-electron chi connectivity index (χ1n) is 6.78. The van der Waals surface area contributed by atoms with Crippen LogP contribution in [0.1, 0.15) is 0 Å². The maximum Gasteiger partial charge on any atom is 0.355 e. The van der Waals surface area contributed by atoms with Crippen LogP contribution in [0.15, 0.2) is 48.5 Å². The van der Waals surface area contributed by atoms with Crippen molar-refractivity contribution in [1.82, 2.24) is 4.57 Å². The number of ether oxygens (including phenoxy) is 1. The second-order valence-electron chi connectivity index (χ2n) is 4.86. The number of para-hydroxylation sites is 2. The number of hydrogen-bond acceptors (Lipinski definition) is 2.